The summed E-state index contributed by atoms with van der Waals surface area (Å²) in [5, 5.41) is 2.91. The van der Waals surface area contributed by atoms with Crippen molar-refractivity contribution < 1.29 is 4.79 Å². The number of aryl methyl sites for hydroxylation is 2. The van der Waals surface area contributed by atoms with Gasteiger partial charge in [-0.05, 0) is 31.5 Å². The van der Waals surface area contributed by atoms with E-state index in [1.807, 2.05) is 36.7 Å². The predicted molar refractivity (Wildman–Crippen MR) is 84.1 cm³/mol. The fourth-order valence-electron chi connectivity index (χ4n) is 2.10. The SMILES string of the molecule is Cc1ncsc1C(=O)NCc1ccnc(-n2ccnc2C)c1. The van der Waals surface area contributed by atoms with Crippen LogP contribution in [0, 0.1) is 13.8 Å². The van der Waals surface area contributed by atoms with Gasteiger partial charge in [-0.2, -0.15) is 0 Å². The van der Waals surface area contributed by atoms with Gasteiger partial charge in [-0.15, -0.1) is 11.3 Å². The molecular weight excluding hydrogens is 298 g/mol. The topological polar surface area (TPSA) is 72.7 Å². The van der Waals surface area contributed by atoms with Gasteiger partial charge in [0.2, 0.25) is 0 Å². The summed E-state index contributed by atoms with van der Waals surface area (Å²) in [6.07, 6.45) is 5.33. The Bertz CT molecular complexity index is 808. The zero-order valence-electron chi connectivity index (χ0n) is 12.3. The minimum Gasteiger partial charge on any atom is -0.347 e. The highest BCUT2D eigenvalue weighted by molar-refractivity contribution is 7.11. The largest absolute Gasteiger partial charge is 0.347 e. The van der Waals surface area contributed by atoms with E-state index in [-0.39, 0.29) is 5.91 Å². The molecule has 0 bridgehead atoms. The van der Waals surface area contributed by atoms with Gasteiger partial charge in [0.15, 0.2) is 0 Å². The van der Waals surface area contributed by atoms with Gasteiger partial charge in [0, 0.05) is 25.1 Å². The van der Waals surface area contributed by atoms with Crippen LogP contribution in [-0.2, 0) is 6.54 Å². The second-order valence-corrected chi connectivity index (χ2v) is 5.67. The molecule has 0 aliphatic rings. The Kier molecular flexibility index (Phi) is 3.97. The van der Waals surface area contributed by atoms with Crippen molar-refractivity contribution in [3.63, 3.8) is 0 Å². The first-order chi connectivity index (χ1) is 10.6. The van der Waals surface area contributed by atoms with Crippen molar-refractivity contribution in [2.45, 2.75) is 20.4 Å². The third kappa shape index (κ3) is 2.89. The number of hydrogen-bond acceptors (Lipinski definition) is 5. The maximum atomic E-state index is 12.1. The molecule has 22 heavy (non-hydrogen) atoms. The summed E-state index contributed by atoms with van der Waals surface area (Å²) < 4.78 is 1.90. The molecule has 3 rings (SSSR count). The number of pyridine rings is 1. The summed E-state index contributed by atoms with van der Waals surface area (Å²) in [6.45, 7) is 4.19. The zero-order chi connectivity index (χ0) is 15.5. The fourth-order valence-corrected chi connectivity index (χ4v) is 2.82. The molecule has 1 N–H and O–H groups in total. The first-order valence-corrected chi connectivity index (χ1v) is 7.66. The first-order valence-electron chi connectivity index (χ1n) is 6.78. The molecule has 0 aromatic carbocycles. The number of nitrogens with zero attached hydrogens (tertiary/aromatic N) is 4. The lowest BCUT2D eigenvalue weighted by Crippen LogP contribution is -2.22. The number of hydrogen-bond donors (Lipinski definition) is 1. The minimum absolute atomic E-state index is 0.0998. The lowest BCUT2D eigenvalue weighted by atomic mass is 10.2. The highest BCUT2D eigenvalue weighted by Crippen LogP contribution is 2.13. The van der Waals surface area contributed by atoms with Gasteiger partial charge in [0.05, 0.1) is 11.2 Å². The molecule has 0 unspecified atom stereocenters. The van der Waals surface area contributed by atoms with E-state index in [4.69, 9.17) is 0 Å². The van der Waals surface area contributed by atoms with Crippen LogP contribution in [0.1, 0.15) is 26.8 Å². The van der Waals surface area contributed by atoms with Crippen LogP contribution in [0.15, 0.2) is 36.2 Å². The molecule has 3 aromatic heterocycles. The van der Waals surface area contributed by atoms with E-state index in [1.165, 1.54) is 11.3 Å². The molecule has 0 aliphatic carbocycles. The van der Waals surface area contributed by atoms with Crippen molar-refractivity contribution in [3.05, 3.63) is 58.2 Å². The molecule has 0 fully saturated rings. The molecule has 1 amide bonds. The lowest BCUT2D eigenvalue weighted by Gasteiger charge is -2.08. The van der Waals surface area contributed by atoms with Gasteiger partial charge in [-0.25, -0.2) is 15.0 Å². The van der Waals surface area contributed by atoms with Crippen molar-refractivity contribution in [1.82, 2.24) is 24.8 Å². The number of rotatable bonds is 4. The van der Waals surface area contributed by atoms with Gasteiger partial charge in [0.1, 0.15) is 16.5 Å². The molecule has 112 valence electrons. The smallest absolute Gasteiger partial charge is 0.263 e. The van der Waals surface area contributed by atoms with Crippen LogP contribution in [-0.4, -0.2) is 25.4 Å². The first kappa shape index (κ1) is 14.4. The van der Waals surface area contributed by atoms with Crippen molar-refractivity contribution in [3.8, 4) is 5.82 Å². The van der Waals surface area contributed by atoms with Crippen LogP contribution >= 0.6 is 11.3 Å². The molecule has 3 heterocycles. The Morgan fingerprint density at radius 3 is 2.82 bits per heavy atom. The van der Waals surface area contributed by atoms with E-state index < -0.39 is 0 Å². The summed E-state index contributed by atoms with van der Waals surface area (Å²) >= 11 is 1.35. The van der Waals surface area contributed by atoms with Crippen molar-refractivity contribution in [1.29, 1.82) is 0 Å². The van der Waals surface area contributed by atoms with Gasteiger partial charge in [-0.3, -0.25) is 9.36 Å². The summed E-state index contributed by atoms with van der Waals surface area (Å²) in [7, 11) is 0. The van der Waals surface area contributed by atoms with E-state index in [2.05, 4.69) is 20.3 Å². The molecule has 7 heteroatoms. The van der Waals surface area contributed by atoms with Gasteiger partial charge in [0.25, 0.3) is 5.91 Å². The van der Waals surface area contributed by atoms with E-state index in [1.54, 1.807) is 17.9 Å². The lowest BCUT2D eigenvalue weighted by molar-refractivity contribution is 0.0954. The molecular formula is C15H15N5OS. The Labute approximate surface area is 131 Å². The van der Waals surface area contributed by atoms with E-state index in [0.29, 0.717) is 11.4 Å². The van der Waals surface area contributed by atoms with Gasteiger partial charge in [-0.1, -0.05) is 0 Å². The van der Waals surface area contributed by atoms with E-state index in [9.17, 15) is 4.79 Å². The molecule has 3 aromatic rings. The Morgan fingerprint density at radius 2 is 2.14 bits per heavy atom. The maximum Gasteiger partial charge on any atom is 0.263 e. The van der Waals surface area contributed by atoms with Crippen LogP contribution in [0.5, 0.6) is 0 Å². The molecule has 0 atom stereocenters. The van der Waals surface area contributed by atoms with Crippen molar-refractivity contribution >= 4 is 17.2 Å². The van der Waals surface area contributed by atoms with Crippen molar-refractivity contribution in [2.75, 3.05) is 0 Å². The van der Waals surface area contributed by atoms with E-state index >= 15 is 0 Å². The molecule has 0 radical (unpaired) electrons. The Balaban J connectivity index is 1.73. The monoisotopic (exact) mass is 313 g/mol. The second kappa shape index (κ2) is 6.07. The van der Waals surface area contributed by atoms with Crippen LogP contribution in [0.4, 0.5) is 0 Å². The quantitative estimate of drug-likeness (QED) is 0.802. The predicted octanol–water partition coefficient (Wildman–Crippen LogP) is 2.27. The average Bonchev–Trinajstić information content (AvgIpc) is 3.13. The highest BCUT2D eigenvalue weighted by atomic mass is 32.1. The molecule has 0 saturated heterocycles. The number of imidazole rings is 1. The normalized spacial score (nSPS) is 10.6. The number of aromatic nitrogens is 4. The number of carbonyl (C=O) groups excluding carboxylic acids is 1. The number of nitrogens with one attached hydrogen (secondary N) is 1. The Morgan fingerprint density at radius 1 is 1.27 bits per heavy atom. The van der Waals surface area contributed by atoms with Crippen LogP contribution in [0.25, 0.3) is 5.82 Å². The summed E-state index contributed by atoms with van der Waals surface area (Å²) in [4.78, 5) is 25.4. The summed E-state index contributed by atoms with van der Waals surface area (Å²) in [6, 6.07) is 3.82. The summed E-state index contributed by atoms with van der Waals surface area (Å²) in [5.41, 5.74) is 3.41. The minimum atomic E-state index is -0.0998. The van der Waals surface area contributed by atoms with Gasteiger partial charge >= 0.3 is 0 Å². The summed E-state index contributed by atoms with van der Waals surface area (Å²) in [5.74, 6) is 1.56. The highest BCUT2D eigenvalue weighted by Gasteiger charge is 2.11. The fraction of sp³-hybridized carbons (Fsp3) is 0.200. The zero-order valence-corrected chi connectivity index (χ0v) is 13.1. The Hall–Kier alpha value is -2.54. The van der Waals surface area contributed by atoms with Gasteiger partial charge < -0.3 is 5.32 Å². The third-order valence-corrected chi connectivity index (χ3v) is 4.21. The third-order valence-electron chi connectivity index (χ3n) is 3.29. The number of thiazole rings is 1. The van der Waals surface area contributed by atoms with E-state index in [0.717, 1.165) is 22.9 Å². The molecule has 0 aliphatic heterocycles. The number of amides is 1. The maximum absolute atomic E-state index is 12.1. The molecule has 0 spiro atoms. The molecule has 6 nitrogen and oxygen atoms in total. The van der Waals surface area contributed by atoms with Crippen LogP contribution in [0.3, 0.4) is 0 Å². The average molecular weight is 313 g/mol. The van der Waals surface area contributed by atoms with Crippen LogP contribution in [0.2, 0.25) is 0 Å². The standard InChI is InChI=1S/C15H15N5OS/c1-10-14(22-9-19-10)15(21)18-8-12-3-4-17-13(7-12)20-6-5-16-11(20)2/h3-7,9H,8H2,1-2H3,(H,18,21). The van der Waals surface area contributed by atoms with Crippen LogP contribution < -0.4 is 5.32 Å². The van der Waals surface area contributed by atoms with Crippen molar-refractivity contribution in [2.24, 2.45) is 0 Å². The second-order valence-electron chi connectivity index (χ2n) is 4.82. The molecule has 0 saturated carbocycles. The number of carbonyl (C=O) groups is 1.